The zero-order valence-electron chi connectivity index (χ0n) is 7.55. The van der Waals surface area contributed by atoms with Crippen LogP contribution in [0.3, 0.4) is 0 Å². The summed E-state index contributed by atoms with van der Waals surface area (Å²) in [5.74, 6) is 0.709. The molecular formula is C9H17NO2. The van der Waals surface area contributed by atoms with Gasteiger partial charge in [0.05, 0.1) is 6.61 Å². The van der Waals surface area contributed by atoms with Crippen molar-refractivity contribution in [3.05, 3.63) is 24.6 Å². The Bertz CT molecular complexity index is 143. The summed E-state index contributed by atoms with van der Waals surface area (Å²) in [6.07, 6.45) is 4.08. The number of rotatable bonds is 7. The lowest BCUT2D eigenvalue weighted by Gasteiger charge is -2.09. The Morgan fingerprint density at radius 3 is 2.92 bits per heavy atom. The highest BCUT2D eigenvalue weighted by Gasteiger charge is 1.92. The molecule has 0 aromatic carbocycles. The van der Waals surface area contributed by atoms with Gasteiger partial charge in [0.2, 0.25) is 0 Å². The lowest BCUT2D eigenvalue weighted by molar-refractivity contribution is 0.162. The smallest absolute Gasteiger partial charge is 0.186 e. The van der Waals surface area contributed by atoms with Crippen LogP contribution in [-0.2, 0) is 4.74 Å². The normalized spacial score (nSPS) is 11.0. The molecule has 3 nitrogen and oxygen atoms in total. The van der Waals surface area contributed by atoms with Crippen LogP contribution in [-0.4, -0.2) is 24.9 Å². The van der Waals surface area contributed by atoms with E-state index in [1.807, 2.05) is 6.92 Å². The standard InChI is InChI=1S/C9H17NO2/c1-3-6-9(10-4-2)12-8-5-7-11/h3,6,10-11H,1,4-5,7-8H2,2H3/b9-6+. The van der Waals surface area contributed by atoms with E-state index in [0.29, 0.717) is 18.9 Å². The maximum Gasteiger partial charge on any atom is 0.186 e. The fourth-order valence-corrected chi connectivity index (χ4v) is 0.686. The summed E-state index contributed by atoms with van der Waals surface area (Å²) >= 11 is 0. The maximum atomic E-state index is 8.50. The number of ether oxygens (including phenoxy) is 1. The summed E-state index contributed by atoms with van der Waals surface area (Å²) in [7, 11) is 0. The van der Waals surface area contributed by atoms with Crippen molar-refractivity contribution in [3.8, 4) is 0 Å². The molecule has 0 aliphatic carbocycles. The molecule has 2 N–H and O–H groups in total. The Balaban J connectivity index is 3.63. The van der Waals surface area contributed by atoms with Gasteiger partial charge in [-0.05, 0) is 13.0 Å². The van der Waals surface area contributed by atoms with Gasteiger partial charge in [0.15, 0.2) is 5.88 Å². The molecule has 0 fully saturated rings. The third kappa shape index (κ3) is 5.80. The van der Waals surface area contributed by atoms with Crippen molar-refractivity contribution in [3.63, 3.8) is 0 Å². The second-order valence-corrected chi connectivity index (χ2v) is 2.22. The first-order chi connectivity index (χ1) is 5.85. The van der Waals surface area contributed by atoms with E-state index in [-0.39, 0.29) is 6.61 Å². The fourth-order valence-electron chi connectivity index (χ4n) is 0.686. The number of hydrogen-bond donors (Lipinski definition) is 2. The average molecular weight is 171 g/mol. The summed E-state index contributed by atoms with van der Waals surface area (Å²) in [5, 5.41) is 11.5. The van der Waals surface area contributed by atoms with Crippen LogP contribution in [0.5, 0.6) is 0 Å². The Morgan fingerprint density at radius 2 is 2.42 bits per heavy atom. The minimum absolute atomic E-state index is 0.160. The summed E-state index contributed by atoms with van der Waals surface area (Å²) in [6, 6.07) is 0. The highest BCUT2D eigenvalue weighted by atomic mass is 16.5. The average Bonchev–Trinajstić information content (AvgIpc) is 2.06. The summed E-state index contributed by atoms with van der Waals surface area (Å²) in [5.41, 5.74) is 0. The molecule has 70 valence electrons. The lowest BCUT2D eigenvalue weighted by atomic mass is 10.5. The third-order valence-corrected chi connectivity index (χ3v) is 1.18. The first kappa shape index (κ1) is 11.0. The molecule has 0 amide bonds. The van der Waals surface area contributed by atoms with E-state index in [9.17, 15) is 0 Å². The van der Waals surface area contributed by atoms with Gasteiger partial charge in [0, 0.05) is 19.6 Å². The van der Waals surface area contributed by atoms with E-state index >= 15 is 0 Å². The fraction of sp³-hybridized carbons (Fsp3) is 0.556. The van der Waals surface area contributed by atoms with Crippen LogP contribution in [0, 0.1) is 0 Å². The van der Waals surface area contributed by atoms with Crippen molar-refractivity contribution in [2.24, 2.45) is 0 Å². The second kappa shape index (κ2) is 8.14. The number of nitrogens with one attached hydrogen (secondary N) is 1. The second-order valence-electron chi connectivity index (χ2n) is 2.22. The van der Waals surface area contributed by atoms with Crippen molar-refractivity contribution in [2.75, 3.05) is 19.8 Å². The Labute approximate surface area is 73.7 Å². The molecule has 0 aliphatic heterocycles. The van der Waals surface area contributed by atoms with Gasteiger partial charge < -0.3 is 15.2 Å². The SMILES string of the molecule is C=C/C=C(\NCC)OCCCO. The van der Waals surface area contributed by atoms with E-state index in [4.69, 9.17) is 9.84 Å². The monoisotopic (exact) mass is 171 g/mol. The number of aliphatic hydroxyl groups is 1. The molecule has 0 saturated heterocycles. The molecule has 0 radical (unpaired) electrons. The van der Waals surface area contributed by atoms with Crippen LogP contribution in [0.2, 0.25) is 0 Å². The zero-order chi connectivity index (χ0) is 9.23. The van der Waals surface area contributed by atoms with E-state index in [1.165, 1.54) is 0 Å². The Morgan fingerprint density at radius 1 is 1.67 bits per heavy atom. The molecule has 0 unspecified atom stereocenters. The Hall–Kier alpha value is -0.960. The predicted octanol–water partition coefficient (Wildman–Crippen LogP) is 1.02. The number of allylic oxidation sites excluding steroid dienone is 2. The van der Waals surface area contributed by atoms with E-state index in [2.05, 4.69) is 11.9 Å². The van der Waals surface area contributed by atoms with Crippen LogP contribution in [0.1, 0.15) is 13.3 Å². The maximum absolute atomic E-state index is 8.50. The van der Waals surface area contributed by atoms with Crippen molar-refractivity contribution >= 4 is 0 Å². The van der Waals surface area contributed by atoms with Gasteiger partial charge >= 0.3 is 0 Å². The lowest BCUT2D eigenvalue weighted by Crippen LogP contribution is -2.15. The third-order valence-electron chi connectivity index (χ3n) is 1.18. The molecule has 0 bridgehead atoms. The number of hydrogen-bond acceptors (Lipinski definition) is 3. The molecule has 0 rings (SSSR count). The quantitative estimate of drug-likeness (QED) is 0.341. The topological polar surface area (TPSA) is 41.5 Å². The minimum Gasteiger partial charge on any atom is -0.479 e. The molecule has 0 spiro atoms. The summed E-state index contributed by atoms with van der Waals surface area (Å²) in [6.45, 7) is 7.07. The molecular weight excluding hydrogens is 154 g/mol. The van der Waals surface area contributed by atoms with Crippen molar-refractivity contribution in [2.45, 2.75) is 13.3 Å². The van der Waals surface area contributed by atoms with Gasteiger partial charge in [-0.25, -0.2) is 0 Å². The molecule has 0 aromatic heterocycles. The van der Waals surface area contributed by atoms with E-state index in [1.54, 1.807) is 12.2 Å². The molecule has 0 aliphatic rings. The summed E-state index contributed by atoms with van der Waals surface area (Å²) < 4.78 is 5.28. The van der Waals surface area contributed by atoms with Crippen molar-refractivity contribution < 1.29 is 9.84 Å². The molecule has 0 atom stereocenters. The van der Waals surface area contributed by atoms with Crippen molar-refractivity contribution in [1.82, 2.24) is 5.32 Å². The molecule has 0 aromatic rings. The zero-order valence-corrected chi connectivity index (χ0v) is 7.55. The molecule has 0 heterocycles. The molecule has 0 saturated carbocycles. The van der Waals surface area contributed by atoms with Crippen LogP contribution >= 0.6 is 0 Å². The van der Waals surface area contributed by atoms with Crippen LogP contribution < -0.4 is 5.32 Å². The van der Waals surface area contributed by atoms with Crippen LogP contribution in [0.25, 0.3) is 0 Å². The Kier molecular flexibility index (Phi) is 7.49. The van der Waals surface area contributed by atoms with Gasteiger partial charge in [0.1, 0.15) is 0 Å². The minimum atomic E-state index is 0.160. The largest absolute Gasteiger partial charge is 0.479 e. The van der Waals surface area contributed by atoms with Gasteiger partial charge in [-0.3, -0.25) is 0 Å². The summed E-state index contributed by atoms with van der Waals surface area (Å²) in [4.78, 5) is 0. The van der Waals surface area contributed by atoms with E-state index in [0.717, 1.165) is 6.54 Å². The van der Waals surface area contributed by atoms with Gasteiger partial charge in [-0.2, -0.15) is 0 Å². The van der Waals surface area contributed by atoms with Gasteiger partial charge in [0.25, 0.3) is 0 Å². The van der Waals surface area contributed by atoms with Crippen LogP contribution in [0.4, 0.5) is 0 Å². The predicted molar refractivity (Wildman–Crippen MR) is 49.6 cm³/mol. The first-order valence-electron chi connectivity index (χ1n) is 4.15. The van der Waals surface area contributed by atoms with Gasteiger partial charge in [-0.1, -0.05) is 12.7 Å². The molecule has 3 heteroatoms. The van der Waals surface area contributed by atoms with Crippen LogP contribution in [0.15, 0.2) is 24.6 Å². The van der Waals surface area contributed by atoms with E-state index < -0.39 is 0 Å². The highest BCUT2D eigenvalue weighted by molar-refractivity contribution is 5.02. The van der Waals surface area contributed by atoms with Gasteiger partial charge in [-0.15, -0.1) is 0 Å². The van der Waals surface area contributed by atoms with Crippen molar-refractivity contribution in [1.29, 1.82) is 0 Å². The molecule has 12 heavy (non-hydrogen) atoms. The number of aliphatic hydroxyl groups excluding tert-OH is 1. The highest BCUT2D eigenvalue weighted by Crippen LogP contribution is 1.93. The first-order valence-corrected chi connectivity index (χ1v) is 4.15.